The molecule has 0 spiro atoms. The molecule has 0 saturated heterocycles. The van der Waals surface area contributed by atoms with E-state index < -0.39 is 11.1 Å². The lowest BCUT2D eigenvalue weighted by Gasteiger charge is -2.17. The summed E-state index contributed by atoms with van der Waals surface area (Å²) >= 11 is -2.01. The largest absolute Gasteiger partial charge is 0.772 e. The molecule has 0 rings (SSSR count). The lowest BCUT2D eigenvalue weighted by atomic mass is 10.1. The van der Waals surface area contributed by atoms with Gasteiger partial charge in [0.15, 0.2) is 0 Å². The van der Waals surface area contributed by atoms with Crippen molar-refractivity contribution in [1.29, 1.82) is 0 Å². The monoisotopic (exact) mass is 179 g/mol. The van der Waals surface area contributed by atoms with Gasteiger partial charge in [0.2, 0.25) is 0 Å². The Hall–Kier alpha value is 0.0700. The van der Waals surface area contributed by atoms with E-state index in [0.29, 0.717) is 12.8 Å². The second kappa shape index (κ2) is 6.76. The number of hydrogen-bond donors (Lipinski definition) is 1. The van der Waals surface area contributed by atoms with E-state index in [1.54, 1.807) is 0 Å². The van der Waals surface area contributed by atoms with Gasteiger partial charge in [0.1, 0.15) is 0 Å². The van der Waals surface area contributed by atoms with Gasteiger partial charge in [0.25, 0.3) is 0 Å². The molecular formula is C7H15O3S-. The minimum absolute atomic E-state index is 0.0393. The highest BCUT2D eigenvalue weighted by molar-refractivity contribution is 7.79. The van der Waals surface area contributed by atoms with Crippen LogP contribution in [0, 0.1) is 0 Å². The van der Waals surface area contributed by atoms with Gasteiger partial charge >= 0.3 is 0 Å². The first-order chi connectivity index (χ1) is 5.22. The van der Waals surface area contributed by atoms with Gasteiger partial charge in [-0.15, -0.1) is 0 Å². The Kier molecular flexibility index (Phi) is 6.80. The van der Waals surface area contributed by atoms with Crippen LogP contribution in [-0.2, 0) is 11.1 Å². The summed E-state index contributed by atoms with van der Waals surface area (Å²) in [7, 11) is 0. The molecule has 0 aromatic rings. The molecule has 0 radical (unpaired) electrons. The summed E-state index contributed by atoms with van der Waals surface area (Å²) in [6.45, 7) is 1.98. The SMILES string of the molecule is CCCCC(CCO)S(=O)[O-]. The van der Waals surface area contributed by atoms with Crippen molar-refractivity contribution in [2.45, 2.75) is 37.9 Å². The van der Waals surface area contributed by atoms with Crippen molar-refractivity contribution in [1.82, 2.24) is 0 Å². The van der Waals surface area contributed by atoms with E-state index in [1.165, 1.54) is 0 Å². The second-order valence-electron chi connectivity index (χ2n) is 2.54. The maximum Gasteiger partial charge on any atom is 0.0442 e. The van der Waals surface area contributed by atoms with Crippen molar-refractivity contribution in [3.8, 4) is 0 Å². The third kappa shape index (κ3) is 5.35. The number of unbranched alkanes of at least 4 members (excludes halogenated alkanes) is 1. The van der Waals surface area contributed by atoms with E-state index in [-0.39, 0.29) is 11.9 Å². The summed E-state index contributed by atoms with van der Waals surface area (Å²) in [6, 6.07) is 0. The van der Waals surface area contributed by atoms with Gasteiger partial charge < -0.3 is 9.66 Å². The molecule has 1 N–H and O–H groups in total. The highest BCUT2D eigenvalue weighted by Gasteiger charge is 2.06. The molecule has 4 heteroatoms. The third-order valence-electron chi connectivity index (χ3n) is 1.60. The molecule has 0 aliphatic carbocycles. The molecule has 0 heterocycles. The van der Waals surface area contributed by atoms with Crippen molar-refractivity contribution < 1.29 is 13.9 Å². The molecule has 3 nitrogen and oxygen atoms in total. The predicted octanol–water partition coefficient (Wildman–Crippen LogP) is 0.807. The molecule has 0 saturated carbocycles. The Morgan fingerprint density at radius 3 is 2.55 bits per heavy atom. The number of hydrogen-bond acceptors (Lipinski definition) is 3. The summed E-state index contributed by atoms with van der Waals surface area (Å²) in [4.78, 5) is 0. The molecule has 2 atom stereocenters. The standard InChI is InChI=1S/C7H16O3S/c1-2-3-4-7(5-6-8)11(9)10/h7-8H,2-6H2,1H3,(H,9,10)/p-1. The minimum Gasteiger partial charge on any atom is -0.772 e. The van der Waals surface area contributed by atoms with Crippen molar-refractivity contribution >= 4 is 11.1 Å². The van der Waals surface area contributed by atoms with Crippen molar-refractivity contribution in [2.75, 3.05) is 6.61 Å². The molecule has 0 amide bonds. The summed E-state index contributed by atoms with van der Waals surface area (Å²) in [5, 5.41) is 8.16. The highest BCUT2D eigenvalue weighted by atomic mass is 32.2. The molecular weight excluding hydrogens is 164 g/mol. The van der Waals surface area contributed by atoms with Gasteiger partial charge in [0.05, 0.1) is 0 Å². The van der Waals surface area contributed by atoms with E-state index in [4.69, 9.17) is 5.11 Å². The second-order valence-corrected chi connectivity index (χ2v) is 3.72. The first-order valence-electron chi connectivity index (χ1n) is 3.91. The Morgan fingerprint density at radius 1 is 1.55 bits per heavy atom. The van der Waals surface area contributed by atoms with Crippen LogP contribution in [-0.4, -0.2) is 25.7 Å². The fourth-order valence-electron chi connectivity index (χ4n) is 0.913. The lowest BCUT2D eigenvalue weighted by molar-refractivity contribution is 0.282. The summed E-state index contributed by atoms with van der Waals surface area (Å²) in [5.41, 5.74) is 0. The van der Waals surface area contributed by atoms with Crippen LogP contribution in [0.5, 0.6) is 0 Å². The molecule has 0 fully saturated rings. The molecule has 0 aromatic heterocycles. The van der Waals surface area contributed by atoms with E-state index >= 15 is 0 Å². The minimum atomic E-state index is -2.01. The molecule has 68 valence electrons. The number of aliphatic hydroxyl groups is 1. The van der Waals surface area contributed by atoms with Gasteiger partial charge in [-0.1, -0.05) is 30.8 Å². The zero-order chi connectivity index (χ0) is 8.69. The molecule has 0 aromatic carbocycles. The van der Waals surface area contributed by atoms with Crippen molar-refractivity contribution in [3.63, 3.8) is 0 Å². The van der Waals surface area contributed by atoms with Crippen LogP contribution in [0.2, 0.25) is 0 Å². The van der Waals surface area contributed by atoms with E-state index in [1.807, 2.05) is 6.92 Å². The van der Waals surface area contributed by atoms with Gasteiger partial charge in [0, 0.05) is 11.9 Å². The Labute approximate surface area is 70.1 Å². The van der Waals surface area contributed by atoms with Gasteiger partial charge in [-0.2, -0.15) is 0 Å². The van der Waals surface area contributed by atoms with Crippen LogP contribution < -0.4 is 0 Å². The van der Waals surface area contributed by atoms with Crippen LogP contribution in [0.25, 0.3) is 0 Å². The average Bonchev–Trinajstić information content (AvgIpc) is 1.97. The van der Waals surface area contributed by atoms with Crippen LogP contribution in [0.1, 0.15) is 32.6 Å². The Bertz CT molecular complexity index is 116. The number of rotatable bonds is 6. The fourth-order valence-corrected chi connectivity index (χ4v) is 1.57. The molecule has 11 heavy (non-hydrogen) atoms. The summed E-state index contributed by atoms with van der Waals surface area (Å²) in [5.74, 6) is 0. The molecule has 2 unspecified atom stereocenters. The molecule has 0 aliphatic heterocycles. The zero-order valence-corrected chi connectivity index (χ0v) is 7.60. The lowest BCUT2D eigenvalue weighted by Crippen LogP contribution is -2.16. The van der Waals surface area contributed by atoms with Crippen molar-refractivity contribution in [3.05, 3.63) is 0 Å². The van der Waals surface area contributed by atoms with Gasteiger partial charge in [-0.25, -0.2) is 0 Å². The predicted molar refractivity (Wildman–Crippen MR) is 43.9 cm³/mol. The van der Waals surface area contributed by atoms with Gasteiger partial charge in [-0.3, -0.25) is 4.21 Å². The van der Waals surface area contributed by atoms with Crippen LogP contribution in [0.4, 0.5) is 0 Å². The fraction of sp³-hybridized carbons (Fsp3) is 1.00. The third-order valence-corrected chi connectivity index (χ3v) is 2.62. The topological polar surface area (TPSA) is 60.4 Å². The first-order valence-corrected chi connectivity index (χ1v) is 5.05. The zero-order valence-electron chi connectivity index (χ0n) is 6.78. The van der Waals surface area contributed by atoms with Crippen LogP contribution in [0.15, 0.2) is 0 Å². The smallest absolute Gasteiger partial charge is 0.0442 e. The number of aliphatic hydroxyl groups excluding tert-OH is 1. The first kappa shape index (κ1) is 11.1. The maximum absolute atomic E-state index is 10.5. The maximum atomic E-state index is 10.5. The van der Waals surface area contributed by atoms with E-state index in [9.17, 15) is 8.76 Å². The van der Waals surface area contributed by atoms with Crippen molar-refractivity contribution in [2.24, 2.45) is 0 Å². The normalized spacial score (nSPS) is 16.3. The highest BCUT2D eigenvalue weighted by Crippen LogP contribution is 2.09. The Balaban J connectivity index is 3.60. The summed E-state index contributed by atoms with van der Waals surface area (Å²) in [6.07, 6.45) is 2.96. The summed E-state index contributed by atoms with van der Waals surface area (Å²) < 4.78 is 21.0. The quantitative estimate of drug-likeness (QED) is 0.614. The van der Waals surface area contributed by atoms with E-state index in [2.05, 4.69) is 0 Å². The van der Waals surface area contributed by atoms with Gasteiger partial charge in [-0.05, 0) is 12.8 Å². The average molecular weight is 179 g/mol. The van der Waals surface area contributed by atoms with Crippen LogP contribution >= 0.6 is 0 Å². The van der Waals surface area contributed by atoms with Crippen LogP contribution in [0.3, 0.4) is 0 Å². The molecule has 0 bridgehead atoms. The van der Waals surface area contributed by atoms with E-state index in [0.717, 1.165) is 12.8 Å². The molecule has 0 aliphatic rings. The Morgan fingerprint density at radius 2 is 2.18 bits per heavy atom.